The van der Waals surface area contributed by atoms with Gasteiger partial charge in [-0.05, 0) is 46.4 Å². The Morgan fingerprint density at radius 3 is 2.20 bits per heavy atom. The average molecular weight is 284 g/mol. The molecule has 1 fully saturated rings. The Morgan fingerprint density at radius 1 is 0.900 bits per heavy atom. The molecule has 0 saturated heterocycles. The van der Waals surface area contributed by atoms with Gasteiger partial charge in [-0.15, -0.1) is 0 Å². The molecule has 0 spiro atoms. The number of likely N-dealkylation sites (N-methyl/N-ethyl adjacent to an activating group) is 2. The van der Waals surface area contributed by atoms with Gasteiger partial charge in [0.1, 0.15) is 0 Å². The third-order valence-corrected chi connectivity index (χ3v) is 4.51. The summed E-state index contributed by atoms with van der Waals surface area (Å²) in [6, 6.07) is 1.45. The minimum absolute atomic E-state index is 0.703. The first-order chi connectivity index (χ1) is 9.69. The van der Waals surface area contributed by atoms with E-state index >= 15 is 0 Å². The summed E-state index contributed by atoms with van der Waals surface area (Å²) in [4.78, 5) is 5.08. The van der Waals surface area contributed by atoms with Gasteiger partial charge in [-0.1, -0.05) is 39.5 Å². The Hall–Kier alpha value is -0.120. The molecule has 2 unspecified atom stereocenters. The minimum Gasteiger partial charge on any atom is -0.313 e. The Balaban J connectivity index is 2.67. The Bertz CT molecular complexity index is 230. The van der Waals surface area contributed by atoms with E-state index in [4.69, 9.17) is 0 Å². The number of nitrogens with zero attached hydrogens (tertiary/aromatic N) is 2. The highest BCUT2D eigenvalue weighted by Crippen LogP contribution is 2.22. The van der Waals surface area contributed by atoms with Gasteiger partial charge < -0.3 is 10.2 Å². The lowest BCUT2D eigenvalue weighted by molar-refractivity contribution is 0.124. The zero-order valence-corrected chi connectivity index (χ0v) is 14.3. The highest BCUT2D eigenvalue weighted by molar-refractivity contribution is 4.86. The van der Waals surface area contributed by atoms with Crippen LogP contribution in [0.5, 0.6) is 0 Å². The highest BCUT2D eigenvalue weighted by Gasteiger charge is 2.27. The van der Waals surface area contributed by atoms with Crippen molar-refractivity contribution in [3.05, 3.63) is 0 Å². The molecule has 3 nitrogen and oxygen atoms in total. The van der Waals surface area contributed by atoms with Gasteiger partial charge in [0.2, 0.25) is 0 Å². The van der Waals surface area contributed by atoms with Crippen molar-refractivity contribution in [3.8, 4) is 0 Å². The lowest BCUT2D eigenvalue weighted by Crippen LogP contribution is -2.52. The van der Waals surface area contributed by atoms with Crippen molar-refractivity contribution >= 4 is 0 Å². The maximum Gasteiger partial charge on any atom is 0.0249 e. The largest absolute Gasteiger partial charge is 0.313 e. The second kappa shape index (κ2) is 10.6. The molecule has 20 heavy (non-hydrogen) atoms. The predicted molar refractivity (Wildman–Crippen MR) is 89.4 cm³/mol. The summed E-state index contributed by atoms with van der Waals surface area (Å²) in [5, 5.41) is 3.77. The van der Waals surface area contributed by atoms with Crippen LogP contribution in [0, 0.1) is 0 Å². The summed E-state index contributed by atoms with van der Waals surface area (Å²) < 4.78 is 0. The van der Waals surface area contributed by atoms with E-state index in [9.17, 15) is 0 Å². The van der Waals surface area contributed by atoms with Gasteiger partial charge in [-0.3, -0.25) is 4.90 Å². The van der Waals surface area contributed by atoms with Gasteiger partial charge in [-0.25, -0.2) is 0 Å². The van der Waals surface area contributed by atoms with Crippen LogP contribution in [0.4, 0.5) is 0 Å². The van der Waals surface area contributed by atoms with Crippen LogP contribution < -0.4 is 5.32 Å². The van der Waals surface area contributed by atoms with Crippen LogP contribution >= 0.6 is 0 Å². The number of hydrogen-bond acceptors (Lipinski definition) is 3. The van der Waals surface area contributed by atoms with Gasteiger partial charge in [0, 0.05) is 25.2 Å². The number of rotatable bonds is 8. The topological polar surface area (TPSA) is 18.5 Å². The molecular formula is C17H37N3. The molecule has 0 aromatic rings. The summed E-state index contributed by atoms with van der Waals surface area (Å²) in [6.07, 6.45) is 9.69. The molecule has 2 atom stereocenters. The van der Waals surface area contributed by atoms with Gasteiger partial charge in [0.15, 0.2) is 0 Å². The van der Waals surface area contributed by atoms with Crippen LogP contribution in [0.15, 0.2) is 0 Å². The molecule has 0 aliphatic heterocycles. The van der Waals surface area contributed by atoms with Crippen molar-refractivity contribution in [2.45, 2.75) is 70.9 Å². The summed E-state index contributed by atoms with van der Waals surface area (Å²) in [5.74, 6) is 0. The Morgan fingerprint density at radius 2 is 1.60 bits per heavy atom. The molecule has 0 radical (unpaired) electrons. The fourth-order valence-electron chi connectivity index (χ4n) is 3.46. The predicted octanol–water partition coefficient (Wildman–Crippen LogP) is 2.96. The maximum absolute atomic E-state index is 3.77. The molecule has 1 rings (SSSR count). The van der Waals surface area contributed by atoms with Crippen molar-refractivity contribution in [3.63, 3.8) is 0 Å². The molecular weight excluding hydrogens is 246 g/mol. The zero-order valence-electron chi connectivity index (χ0n) is 14.3. The molecule has 0 bridgehead atoms. The normalized spacial score (nSPS) is 24.9. The lowest BCUT2D eigenvalue weighted by atomic mass is 9.91. The molecule has 0 aromatic carbocycles. The van der Waals surface area contributed by atoms with Crippen molar-refractivity contribution < 1.29 is 0 Å². The average Bonchev–Trinajstić information content (AvgIpc) is 2.39. The minimum atomic E-state index is 0.703. The highest BCUT2D eigenvalue weighted by atomic mass is 15.2. The van der Waals surface area contributed by atoms with Crippen LogP contribution in [0.25, 0.3) is 0 Å². The maximum atomic E-state index is 3.77. The fraction of sp³-hybridized carbons (Fsp3) is 1.00. The van der Waals surface area contributed by atoms with Crippen LogP contribution in [-0.4, -0.2) is 62.2 Å². The first-order valence-corrected chi connectivity index (χ1v) is 8.81. The third-order valence-electron chi connectivity index (χ3n) is 4.51. The molecule has 0 aromatic heterocycles. The van der Waals surface area contributed by atoms with Crippen molar-refractivity contribution in [1.82, 2.24) is 15.1 Å². The van der Waals surface area contributed by atoms with Crippen molar-refractivity contribution in [1.29, 1.82) is 0 Å². The Labute approximate surface area is 127 Å². The number of nitrogens with one attached hydrogen (secondary N) is 1. The lowest BCUT2D eigenvalue weighted by Gasteiger charge is -2.39. The number of hydrogen-bond donors (Lipinski definition) is 1. The molecule has 1 N–H and O–H groups in total. The van der Waals surface area contributed by atoms with Crippen LogP contribution in [0.3, 0.4) is 0 Å². The van der Waals surface area contributed by atoms with Crippen LogP contribution in [-0.2, 0) is 0 Å². The van der Waals surface area contributed by atoms with Gasteiger partial charge in [0.05, 0.1) is 0 Å². The fourth-order valence-corrected chi connectivity index (χ4v) is 3.46. The summed E-state index contributed by atoms with van der Waals surface area (Å²) in [7, 11) is 4.37. The van der Waals surface area contributed by atoms with Gasteiger partial charge in [0.25, 0.3) is 0 Å². The summed E-state index contributed by atoms with van der Waals surface area (Å²) >= 11 is 0. The van der Waals surface area contributed by atoms with Crippen molar-refractivity contribution in [2.24, 2.45) is 0 Å². The van der Waals surface area contributed by atoms with E-state index in [0.29, 0.717) is 6.04 Å². The molecule has 1 aliphatic rings. The van der Waals surface area contributed by atoms with E-state index in [0.717, 1.165) is 12.6 Å². The SMILES string of the molecule is CCCN(CCN(C)C)C1CCCCCCC1NCC. The van der Waals surface area contributed by atoms with E-state index in [-0.39, 0.29) is 0 Å². The smallest absolute Gasteiger partial charge is 0.0249 e. The van der Waals surface area contributed by atoms with Crippen LogP contribution in [0.1, 0.15) is 58.8 Å². The second-order valence-corrected chi connectivity index (χ2v) is 6.56. The van der Waals surface area contributed by atoms with Gasteiger partial charge >= 0.3 is 0 Å². The van der Waals surface area contributed by atoms with E-state index in [2.05, 4.69) is 43.1 Å². The van der Waals surface area contributed by atoms with E-state index in [1.165, 1.54) is 64.6 Å². The van der Waals surface area contributed by atoms with E-state index < -0.39 is 0 Å². The molecule has 3 heteroatoms. The molecule has 1 saturated carbocycles. The zero-order chi connectivity index (χ0) is 14.8. The third kappa shape index (κ3) is 6.55. The molecule has 120 valence electrons. The second-order valence-electron chi connectivity index (χ2n) is 6.56. The van der Waals surface area contributed by atoms with E-state index in [1.54, 1.807) is 0 Å². The molecule has 0 heterocycles. The standard InChI is InChI=1S/C17H37N3/c1-5-13-20(15-14-19(3)4)17-12-10-8-7-9-11-16(17)18-6-2/h16-18H,5-15H2,1-4H3. The summed E-state index contributed by atoms with van der Waals surface area (Å²) in [5.41, 5.74) is 0. The Kier molecular flexibility index (Phi) is 9.49. The quantitative estimate of drug-likeness (QED) is 0.739. The molecule has 1 aliphatic carbocycles. The van der Waals surface area contributed by atoms with E-state index in [1.807, 2.05) is 0 Å². The van der Waals surface area contributed by atoms with Crippen molar-refractivity contribution in [2.75, 3.05) is 40.3 Å². The molecule has 0 amide bonds. The first-order valence-electron chi connectivity index (χ1n) is 8.81. The van der Waals surface area contributed by atoms with Gasteiger partial charge in [-0.2, -0.15) is 0 Å². The first kappa shape index (κ1) is 17.9. The monoisotopic (exact) mass is 283 g/mol. The van der Waals surface area contributed by atoms with Crippen LogP contribution in [0.2, 0.25) is 0 Å². The summed E-state index contributed by atoms with van der Waals surface area (Å²) in [6.45, 7) is 9.31.